The molecular formula is C8H5ClNO2V-. The Hall–Kier alpha value is -0.636. The van der Waals surface area contributed by atoms with E-state index in [0.717, 1.165) is 0 Å². The molecule has 0 amide bonds. The monoisotopic (exact) mass is 233 g/mol. The Kier molecular flexibility index (Phi) is 4.92. The number of aldehydes is 1. The second-order valence-electron chi connectivity index (χ2n) is 2.24. The molecule has 1 heterocycles. The van der Waals surface area contributed by atoms with Crippen molar-refractivity contribution in [1.82, 2.24) is 4.98 Å². The van der Waals surface area contributed by atoms with Crippen LogP contribution in [0.4, 0.5) is 0 Å². The number of hydrogen-bond donors (Lipinski definition) is 0. The van der Waals surface area contributed by atoms with Crippen molar-refractivity contribution in [2.45, 2.75) is 6.92 Å². The zero-order valence-corrected chi connectivity index (χ0v) is 8.90. The molecule has 0 atom stereocenters. The van der Waals surface area contributed by atoms with Crippen molar-refractivity contribution in [2.75, 3.05) is 0 Å². The van der Waals surface area contributed by atoms with Gasteiger partial charge in [0.1, 0.15) is 0 Å². The molecule has 13 heavy (non-hydrogen) atoms. The number of carbonyl (C=O) groups excluding carboxylic acids is 2. The quantitative estimate of drug-likeness (QED) is 0.440. The van der Waals surface area contributed by atoms with Gasteiger partial charge in [-0.25, -0.2) is 0 Å². The van der Waals surface area contributed by atoms with Crippen LogP contribution in [-0.4, -0.2) is 17.6 Å². The average molecular weight is 234 g/mol. The van der Waals surface area contributed by atoms with Gasteiger partial charge in [0.25, 0.3) is 0 Å². The summed E-state index contributed by atoms with van der Waals surface area (Å²) < 4.78 is 0. The van der Waals surface area contributed by atoms with Crippen LogP contribution in [0.5, 0.6) is 0 Å². The molecular weight excluding hydrogens is 228 g/mol. The molecule has 1 radical (unpaired) electrons. The van der Waals surface area contributed by atoms with Crippen molar-refractivity contribution in [3.05, 3.63) is 28.0 Å². The van der Waals surface area contributed by atoms with E-state index in [-0.39, 0.29) is 34.8 Å². The van der Waals surface area contributed by atoms with Crippen LogP contribution < -0.4 is 0 Å². The van der Waals surface area contributed by atoms with Crippen molar-refractivity contribution < 1.29 is 28.1 Å². The molecule has 0 saturated heterocycles. The van der Waals surface area contributed by atoms with Crippen LogP contribution in [0.25, 0.3) is 0 Å². The maximum Gasteiger partial charge on any atom is 0.0986 e. The summed E-state index contributed by atoms with van der Waals surface area (Å²) in [4.78, 5) is 24.5. The predicted molar refractivity (Wildman–Crippen MR) is 44.2 cm³/mol. The standard InChI is InChI=1S/C8H5ClNO2.V/c1-5-2-6(3-11)7(4-12)8(9)10-5;/h2,4H,1H3;/q-1;. The second-order valence-corrected chi connectivity index (χ2v) is 2.59. The molecule has 1 rings (SSSR count). The third-order valence-electron chi connectivity index (χ3n) is 1.37. The van der Waals surface area contributed by atoms with Crippen LogP contribution in [0, 0.1) is 6.92 Å². The molecule has 67 valence electrons. The van der Waals surface area contributed by atoms with Gasteiger partial charge in [0.2, 0.25) is 0 Å². The number of nitrogens with zero attached hydrogens (tertiary/aromatic N) is 1. The Morgan fingerprint density at radius 3 is 2.69 bits per heavy atom. The minimum atomic E-state index is 0. The van der Waals surface area contributed by atoms with Gasteiger partial charge in [-0.2, -0.15) is 0 Å². The first-order chi connectivity index (χ1) is 5.69. The molecule has 0 aliphatic carbocycles. The van der Waals surface area contributed by atoms with E-state index in [2.05, 4.69) is 4.98 Å². The Labute approximate surface area is 92.4 Å². The van der Waals surface area contributed by atoms with Crippen molar-refractivity contribution in [3.8, 4) is 0 Å². The molecule has 0 unspecified atom stereocenters. The van der Waals surface area contributed by atoms with Crippen molar-refractivity contribution >= 4 is 24.2 Å². The van der Waals surface area contributed by atoms with E-state index in [9.17, 15) is 9.59 Å². The normalized spacial score (nSPS) is 8.77. The SMILES string of the molecule is Cc1cc([C-]=O)c(C=O)c(Cl)n1.[V]. The van der Waals surface area contributed by atoms with Gasteiger partial charge in [0.05, 0.1) is 17.7 Å². The van der Waals surface area contributed by atoms with Gasteiger partial charge in [-0.1, -0.05) is 11.6 Å². The van der Waals surface area contributed by atoms with E-state index in [1.165, 1.54) is 6.07 Å². The first-order valence-electron chi connectivity index (χ1n) is 3.19. The Morgan fingerprint density at radius 2 is 2.23 bits per heavy atom. The molecule has 1 aromatic heterocycles. The smallest absolute Gasteiger partial charge is 0.0986 e. The fourth-order valence-corrected chi connectivity index (χ4v) is 1.12. The van der Waals surface area contributed by atoms with Crippen LogP contribution >= 0.6 is 11.6 Å². The maximum atomic E-state index is 10.4. The van der Waals surface area contributed by atoms with Gasteiger partial charge in [0.15, 0.2) is 0 Å². The van der Waals surface area contributed by atoms with Crippen molar-refractivity contribution in [1.29, 1.82) is 0 Å². The molecule has 0 N–H and O–H groups in total. The largest absolute Gasteiger partial charge is 0.376 e. The van der Waals surface area contributed by atoms with E-state index in [1.807, 2.05) is 0 Å². The second kappa shape index (κ2) is 5.17. The van der Waals surface area contributed by atoms with Crippen molar-refractivity contribution in [2.24, 2.45) is 0 Å². The van der Waals surface area contributed by atoms with Crippen LogP contribution in [0.2, 0.25) is 5.15 Å². The number of halogens is 1. The van der Waals surface area contributed by atoms with Gasteiger partial charge in [-0.3, -0.25) is 4.98 Å². The number of hydrogen-bond acceptors (Lipinski definition) is 3. The maximum absolute atomic E-state index is 10.4. The molecule has 0 aliphatic heterocycles. The van der Waals surface area contributed by atoms with Gasteiger partial charge >= 0.3 is 0 Å². The summed E-state index contributed by atoms with van der Waals surface area (Å²) in [6.45, 7) is 1.68. The summed E-state index contributed by atoms with van der Waals surface area (Å²) in [6, 6.07) is 1.46. The van der Waals surface area contributed by atoms with E-state index in [4.69, 9.17) is 11.6 Å². The number of carbonyl (C=O) groups is 1. The third-order valence-corrected chi connectivity index (χ3v) is 1.66. The Balaban J connectivity index is 0.00000144. The number of aromatic nitrogens is 1. The third kappa shape index (κ3) is 2.66. The first kappa shape index (κ1) is 12.4. The topological polar surface area (TPSA) is 47.0 Å². The zero-order chi connectivity index (χ0) is 9.14. The Bertz CT molecular complexity index is 341. The molecule has 0 spiro atoms. The van der Waals surface area contributed by atoms with E-state index >= 15 is 0 Å². The fourth-order valence-electron chi connectivity index (χ4n) is 0.842. The molecule has 0 bridgehead atoms. The van der Waals surface area contributed by atoms with Gasteiger partial charge in [0, 0.05) is 18.6 Å². The van der Waals surface area contributed by atoms with Gasteiger partial charge in [-0.05, 0) is 18.2 Å². The van der Waals surface area contributed by atoms with Crippen molar-refractivity contribution in [3.63, 3.8) is 0 Å². The summed E-state index contributed by atoms with van der Waals surface area (Å²) in [5, 5.41) is 0.0448. The zero-order valence-electron chi connectivity index (χ0n) is 6.74. The predicted octanol–water partition coefficient (Wildman–Crippen LogP) is 1.31. The van der Waals surface area contributed by atoms with Crippen LogP contribution in [-0.2, 0) is 23.4 Å². The Morgan fingerprint density at radius 1 is 1.62 bits per heavy atom. The van der Waals surface area contributed by atoms with Gasteiger partial charge in [-0.15, -0.1) is 11.6 Å². The first-order valence-corrected chi connectivity index (χ1v) is 3.57. The summed E-state index contributed by atoms with van der Waals surface area (Å²) in [5.41, 5.74) is 0.837. The van der Waals surface area contributed by atoms with Gasteiger partial charge < -0.3 is 9.59 Å². The molecule has 0 aromatic carbocycles. The summed E-state index contributed by atoms with van der Waals surface area (Å²) in [5.74, 6) is 0. The van der Waals surface area contributed by atoms with Crippen LogP contribution in [0.1, 0.15) is 21.6 Å². The molecule has 0 saturated carbocycles. The summed E-state index contributed by atoms with van der Waals surface area (Å²) in [6.07, 6.45) is 2.12. The number of pyridine rings is 1. The molecule has 1 aromatic rings. The van der Waals surface area contributed by atoms with Crippen LogP contribution in [0.15, 0.2) is 6.07 Å². The van der Waals surface area contributed by atoms with E-state index in [1.54, 1.807) is 13.2 Å². The number of rotatable bonds is 2. The van der Waals surface area contributed by atoms with E-state index < -0.39 is 0 Å². The fraction of sp³-hybridized carbons (Fsp3) is 0.125. The van der Waals surface area contributed by atoms with E-state index in [0.29, 0.717) is 12.0 Å². The minimum Gasteiger partial charge on any atom is -0.376 e. The molecule has 3 nitrogen and oxygen atoms in total. The molecule has 0 fully saturated rings. The summed E-state index contributed by atoms with van der Waals surface area (Å²) in [7, 11) is 0. The van der Waals surface area contributed by atoms with Crippen LogP contribution in [0.3, 0.4) is 0 Å². The number of aryl methyl sites for hydroxylation is 1. The molecule has 0 aliphatic rings. The minimum absolute atomic E-state index is 0. The summed E-state index contributed by atoms with van der Waals surface area (Å²) >= 11 is 5.59. The average Bonchev–Trinajstić information content (AvgIpc) is 2.03. The molecule has 5 heteroatoms.